The van der Waals surface area contributed by atoms with E-state index in [9.17, 15) is 0 Å². The average Bonchev–Trinajstić information content (AvgIpc) is 3.26. The number of anilines is 1. The molecule has 5 rings (SSSR count). The molecular formula is C23H25N5S. The molecule has 5 nitrogen and oxygen atoms in total. The summed E-state index contributed by atoms with van der Waals surface area (Å²) in [5.74, 6) is 1.25. The maximum Gasteiger partial charge on any atom is 0.135 e. The van der Waals surface area contributed by atoms with E-state index < -0.39 is 0 Å². The summed E-state index contributed by atoms with van der Waals surface area (Å²) in [7, 11) is 0. The molecule has 0 aliphatic heterocycles. The Kier molecular flexibility index (Phi) is 5.02. The first kappa shape index (κ1) is 18.3. The van der Waals surface area contributed by atoms with E-state index in [4.69, 9.17) is 10.7 Å². The molecule has 1 aliphatic rings. The summed E-state index contributed by atoms with van der Waals surface area (Å²) in [6.45, 7) is 1.02. The number of thiophene rings is 1. The van der Waals surface area contributed by atoms with E-state index in [-0.39, 0.29) is 0 Å². The maximum absolute atomic E-state index is 6.11. The molecule has 0 radical (unpaired) electrons. The monoisotopic (exact) mass is 403 g/mol. The SMILES string of the molecule is Nc1ncnc2sc(-c3c(-c4ccccc4)ncn3CC3CCCCCC3)cc12. The minimum absolute atomic E-state index is 0.536. The van der Waals surface area contributed by atoms with Crippen LogP contribution in [-0.4, -0.2) is 19.5 Å². The van der Waals surface area contributed by atoms with Gasteiger partial charge in [-0.25, -0.2) is 15.0 Å². The predicted molar refractivity (Wildman–Crippen MR) is 120 cm³/mol. The smallest absolute Gasteiger partial charge is 0.135 e. The molecule has 0 saturated heterocycles. The minimum Gasteiger partial charge on any atom is -0.383 e. The summed E-state index contributed by atoms with van der Waals surface area (Å²) in [5, 5.41) is 0.925. The molecule has 6 heteroatoms. The Balaban J connectivity index is 1.61. The van der Waals surface area contributed by atoms with Crippen molar-refractivity contribution in [2.45, 2.75) is 45.1 Å². The van der Waals surface area contributed by atoms with E-state index in [1.54, 1.807) is 17.7 Å². The molecule has 2 N–H and O–H groups in total. The first-order valence-corrected chi connectivity index (χ1v) is 11.2. The molecule has 0 amide bonds. The van der Waals surface area contributed by atoms with E-state index in [0.29, 0.717) is 11.7 Å². The Morgan fingerprint density at radius 2 is 1.79 bits per heavy atom. The van der Waals surface area contributed by atoms with E-state index in [1.807, 2.05) is 12.4 Å². The topological polar surface area (TPSA) is 69.6 Å². The Bertz CT molecular complexity index is 1110. The fourth-order valence-corrected chi connectivity index (χ4v) is 5.47. The quantitative estimate of drug-likeness (QED) is 0.439. The fraction of sp³-hybridized carbons (Fsp3) is 0.348. The van der Waals surface area contributed by atoms with Crippen LogP contribution >= 0.6 is 11.3 Å². The molecule has 1 fully saturated rings. The number of nitrogens with zero attached hydrogens (tertiary/aromatic N) is 4. The highest BCUT2D eigenvalue weighted by molar-refractivity contribution is 7.21. The van der Waals surface area contributed by atoms with Crippen molar-refractivity contribution in [1.82, 2.24) is 19.5 Å². The first-order chi connectivity index (χ1) is 14.3. The van der Waals surface area contributed by atoms with Gasteiger partial charge in [-0.3, -0.25) is 0 Å². The largest absolute Gasteiger partial charge is 0.383 e. The number of benzene rings is 1. The van der Waals surface area contributed by atoms with Crippen LogP contribution in [0.5, 0.6) is 0 Å². The second-order valence-electron chi connectivity index (χ2n) is 7.91. The molecule has 1 aliphatic carbocycles. The molecule has 0 spiro atoms. The Labute approximate surface area is 174 Å². The van der Waals surface area contributed by atoms with Gasteiger partial charge in [-0.1, -0.05) is 56.0 Å². The standard InChI is InChI=1S/C23H25N5S/c24-22-18-12-19(29-23(18)26-14-25-22)21-20(17-10-6-3-7-11-17)27-15-28(21)13-16-8-4-1-2-5-9-16/h3,6-7,10-12,14-16H,1-2,4-5,8-9,13H2,(H2,24,25,26). The van der Waals surface area contributed by atoms with Crippen molar-refractivity contribution in [1.29, 1.82) is 0 Å². The van der Waals surface area contributed by atoms with Crippen LogP contribution in [0, 0.1) is 5.92 Å². The highest BCUT2D eigenvalue weighted by Crippen LogP contribution is 2.39. The number of fused-ring (bicyclic) bond motifs is 1. The molecule has 29 heavy (non-hydrogen) atoms. The van der Waals surface area contributed by atoms with Crippen LogP contribution in [0.25, 0.3) is 32.0 Å². The van der Waals surface area contributed by atoms with Crippen LogP contribution < -0.4 is 5.73 Å². The lowest BCUT2D eigenvalue weighted by atomic mass is 10.00. The highest BCUT2D eigenvalue weighted by atomic mass is 32.1. The molecule has 0 unspecified atom stereocenters. The van der Waals surface area contributed by atoms with Gasteiger partial charge in [-0.05, 0) is 24.8 Å². The van der Waals surface area contributed by atoms with Crippen molar-refractivity contribution < 1.29 is 0 Å². The average molecular weight is 404 g/mol. The number of hydrogen-bond acceptors (Lipinski definition) is 5. The van der Waals surface area contributed by atoms with E-state index in [0.717, 1.165) is 32.9 Å². The lowest BCUT2D eigenvalue weighted by Gasteiger charge is -2.17. The first-order valence-electron chi connectivity index (χ1n) is 10.4. The van der Waals surface area contributed by atoms with Crippen molar-refractivity contribution >= 4 is 27.4 Å². The lowest BCUT2D eigenvalue weighted by Crippen LogP contribution is -2.10. The van der Waals surface area contributed by atoms with Gasteiger partial charge in [0.2, 0.25) is 0 Å². The van der Waals surface area contributed by atoms with Gasteiger partial charge in [-0.15, -0.1) is 11.3 Å². The second-order valence-corrected chi connectivity index (χ2v) is 8.94. The summed E-state index contributed by atoms with van der Waals surface area (Å²) < 4.78 is 2.35. The number of aromatic nitrogens is 4. The van der Waals surface area contributed by atoms with Crippen LogP contribution in [0.3, 0.4) is 0 Å². The summed E-state index contributed by atoms with van der Waals surface area (Å²) >= 11 is 1.67. The van der Waals surface area contributed by atoms with Gasteiger partial charge >= 0.3 is 0 Å². The van der Waals surface area contributed by atoms with Crippen molar-refractivity contribution in [2.24, 2.45) is 5.92 Å². The third kappa shape index (κ3) is 3.65. The van der Waals surface area contributed by atoms with Crippen molar-refractivity contribution in [3.63, 3.8) is 0 Å². The number of hydrogen-bond donors (Lipinski definition) is 1. The Morgan fingerprint density at radius 1 is 1.00 bits per heavy atom. The fourth-order valence-electron chi connectivity index (χ4n) is 4.40. The number of rotatable bonds is 4. The lowest BCUT2D eigenvalue weighted by molar-refractivity contribution is 0.397. The predicted octanol–water partition coefficient (Wildman–Crippen LogP) is 5.77. The van der Waals surface area contributed by atoms with Gasteiger partial charge in [0.15, 0.2) is 0 Å². The molecule has 1 saturated carbocycles. The van der Waals surface area contributed by atoms with Gasteiger partial charge in [0.1, 0.15) is 17.0 Å². The van der Waals surface area contributed by atoms with Crippen LogP contribution in [0.2, 0.25) is 0 Å². The highest BCUT2D eigenvalue weighted by Gasteiger charge is 2.21. The van der Waals surface area contributed by atoms with Crippen molar-refractivity contribution in [2.75, 3.05) is 5.73 Å². The normalized spacial score (nSPS) is 15.6. The molecule has 3 aromatic heterocycles. The molecule has 1 aromatic carbocycles. The molecule has 3 heterocycles. The Morgan fingerprint density at radius 3 is 2.55 bits per heavy atom. The second kappa shape index (κ2) is 7.95. The third-order valence-electron chi connectivity index (χ3n) is 5.91. The zero-order valence-corrected chi connectivity index (χ0v) is 17.2. The van der Waals surface area contributed by atoms with Crippen LogP contribution in [0.4, 0.5) is 5.82 Å². The van der Waals surface area contributed by atoms with Gasteiger partial charge in [0.25, 0.3) is 0 Å². The van der Waals surface area contributed by atoms with E-state index >= 15 is 0 Å². The van der Waals surface area contributed by atoms with Crippen LogP contribution in [-0.2, 0) is 6.54 Å². The molecule has 0 bridgehead atoms. The van der Waals surface area contributed by atoms with Gasteiger partial charge in [0.05, 0.1) is 28.0 Å². The minimum atomic E-state index is 0.536. The zero-order chi connectivity index (χ0) is 19.6. The summed E-state index contributed by atoms with van der Waals surface area (Å²) in [6, 6.07) is 12.6. The summed E-state index contributed by atoms with van der Waals surface area (Å²) in [6.07, 6.45) is 11.6. The zero-order valence-electron chi connectivity index (χ0n) is 16.4. The number of nitrogens with two attached hydrogens (primary N) is 1. The van der Waals surface area contributed by atoms with Crippen molar-refractivity contribution in [3.05, 3.63) is 49.1 Å². The number of nitrogen functional groups attached to an aromatic ring is 1. The maximum atomic E-state index is 6.11. The van der Waals surface area contributed by atoms with E-state index in [1.165, 1.54) is 44.2 Å². The van der Waals surface area contributed by atoms with Crippen LogP contribution in [0.1, 0.15) is 38.5 Å². The van der Waals surface area contributed by atoms with Crippen molar-refractivity contribution in [3.8, 4) is 21.8 Å². The molecule has 0 atom stereocenters. The van der Waals surface area contributed by atoms with Crippen LogP contribution in [0.15, 0.2) is 49.1 Å². The number of imidazole rings is 1. The summed E-state index contributed by atoms with van der Waals surface area (Å²) in [4.78, 5) is 15.5. The van der Waals surface area contributed by atoms with E-state index in [2.05, 4.69) is 44.9 Å². The Hall–Kier alpha value is -2.73. The van der Waals surface area contributed by atoms with Gasteiger partial charge in [0, 0.05) is 12.1 Å². The van der Waals surface area contributed by atoms with Gasteiger partial charge < -0.3 is 10.3 Å². The molecule has 148 valence electrons. The summed E-state index contributed by atoms with van der Waals surface area (Å²) in [5.41, 5.74) is 9.44. The van der Waals surface area contributed by atoms with Gasteiger partial charge in [-0.2, -0.15) is 0 Å². The molecular weight excluding hydrogens is 378 g/mol. The molecule has 4 aromatic rings. The third-order valence-corrected chi connectivity index (χ3v) is 6.96.